The van der Waals surface area contributed by atoms with E-state index >= 15 is 0 Å². The minimum absolute atomic E-state index is 1.22. The molecule has 0 bridgehead atoms. The van der Waals surface area contributed by atoms with Crippen LogP contribution >= 0.6 is 0 Å². The zero-order valence-electron chi connectivity index (χ0n) is 6.32. The van der Waals surface area contributed by atoms with Crippen LogP contribution < -0.4 is 0 Å². The maximum atomic E-state index is 4.47. The molecule has 0 aromatic carbocycles. The van der Waals surface area contributed by atoms with E-state index in [-0.39, 0.29) is 0 Å². The summed E-state index contributed by atoms with van der Waals surface area (Å²) in [5.41, 5.74) is 1.22. The lowest BCUT2D eigenvalue weighted by molar-refractivity contribution is 0.558. The third-order valence-electron chi connectivity index (χ3n) is 1.10. The summed E-state index contributed by atoms with van der Waals surface area (Å²) in [7, 11) is 0. The first kappa shape index (κ1) is 7.60. The van der Waals surface area contributed by atoms with Crippen molar-refractivity contribution in [2.75, 3.05) is 0 Å². The first-order chi connectivity index (χ1) is 5.39. The first-order valence-electron chi connectivity index (χ1n) is 3.32. The monoisotopic (exact) mass is 150 g/mol. The number of aromatic amines is 1. The number of hydrogen-bond donors (Lipinski definition) is 1. The summed E-state index contributed by atoms with van der Waals surface area (Å²) in [5.74, 6) is 0. The summed E-state index contributed by atoms with van der Waals surface area (Å²) in [6.07, 6.45) is 6.38. The highest BCUT2D eigenvalue weighted by molar-refractivity contribution is 4.99. The van der Waals surface area contributed by atoms with Crippen LogP contribution in [0.15, 0.2) is 41.6 Å². The molecule has 2 rings (SSSR count). The van der Waals surface area contributed by atoms with Gasteiger partial charge in [-0.15, -0.1) is 0 Å². The second-order valence-electron chi connectivity index (χ2n) is 2.03. The third-order valence-corrected chi connectivity index (χ3v) is 1.10. The highest BCUT2D eigenvalue weighted by Crippen LogP contribution is 1.86. The Morgan fingerprint density at radius 1 is 1.55 bits per heavy atom. The molecule has 0 atom stereocenters. The van der Waals surface area contributed by atoms with E-state index in [1.54, 1.807) is 6.20 Å². The average Bonchev–Trinajstić information content (AvgIpc) is 2.57. The predicted octanol–water partition coefficient (Wildman–Crippen LogP) is 2.00. The van der Waals surface area contributed by atoms with E-state index in [2.05, 4.69) is 14.4 Å². The van der Waals surface area contributed by atoms with Crippen molar-refractivity contribution in [1.29, 1.82) is 0 Å². The molecule has 0 aliphatic rings. The molecular formula is C8H10N2O. The van der Waals surface area contributed by atoms with Crippen molar-refractivity contribution in [3.63, 3.8) is 0 Å². The predicted molar refractivity (Wildman–Crippen MR) is 42.0 cm³/mol. The van der Waals surface area contributed by atoms with Crippen molar-refractivity contribution >= 4 is 0 Å². The van der Waals surface area contributed by atoms with Crippen LogP contribution in [0.5, 0.6) is 0 Å². The van der Waals surface area contributed by atoms with Crippen molar-refractivity contribution in [1.82, 2.24) is 9.97 Å². The smallest absolute Gasteiger partial charge is 0.180 e. The Hall–Kier alpha value is -1.51. The van der Waals surface area contributed by atoms with Crippen LogP contribution in [0.25, 0.3) is 0 Å². The van der Waals surface area contributed by atoms with Gasteiger partial charge >= 0.3 is 0 Å². The molecule has 3 heteroatoms. The summed E-state index contributed by atoms with van der Waals surface area (Å²) in [4.78, 5) is 6.56. The Kier molecular flexibility index (Phi) is 2.99. The molecule has 3 nitrogen and oxygen atoms in total. The fraction of sp³-hybridized carbons (Fsp3) is 0.125. The van der Waals surface area contributed by atoms with Crippen molar-refractivity contribution in [2.45, 2.75) is 6.92 Å². The number of nitrogens with one attached hydrogen (secondary N) is 1. The number of nitrogens with zero attached hydrogens (tertiary/aromatic N) is 1. The average molecular weight is 150 g/mol. The van der Waals surface area contributed by atoms with Crippen LogP contribution in [0.1, 0.15) is 5.69 Å². The number of aryl methyl sites for hydroxylation is 1. The van der Waals surface area contributed by atoms with Crippen molar-refractivity contribution < 1.29 is 4.42 Å². The molecule has 2 heterocycles. The van der Waals surface area contributed by atoms with Crippen LogP contribution in [-0.2, 0) is 0 Å². The summed E-state index contributed by atoms with van der Waals surface area (Å²) in [6, 6.07) is 4.01. The van der Waals surface area contributed by atoms with E-state index in [9.17, 15) is 0 Å². The molecule has 58 valence electrons. The summed E-state index contributed by atoms with van der Waals surface area (Å²) < 4.78 is 4.47. The Morgan fingerprint density at radius 3 is 2.64 bits per heavy atom. The van der Waals surface area contributed by atoms with Gasteiger partial charge in [0.05, 0.1) is 6.20 Å². The van der Waals surface area contributed by atoms with E-state index < -0.39 is 0 Å². The zero-order chi connectivity index (χ0) is 7.94. The zero-order valence-corrected chi connectivity index (χ0v) is 6.32. The molecule has 0 saturated carbocycles. The van der Waals surface area contributed by atoms with Crippen molar-refractivity contribution in [3.8, 4) is 0 Å². The molecule has 0 unspecified atom stereocenters. The van der Waals surface area contributed by atoms with Crippen LogP contribution in [0.2, 0.25) is 0 Å². The van der Waals surface area contributed by atoms with E-state index in [0.717, 1.165) is 0 Å². The van der Waals surface area contributed by atoms with Crippen LogP contribution in [0.3, 0.4) is 0 Å². The SMILES string of the molecule is Cc1ccc[nH]1.c1cocn1. The molecule has 0 fully saturated rings. The molecule has 2 aromatic heterocycles. The molecule has 0 radical (unpaired) electrons. The minimum atomic E-state index is 1.22. The van der Waals surface area contributed by atoms with Gasteiger partial charge in [-0.25, -0.2) is 4.98 Å². The maximum Gasteiger partial charge on any atom is 0.180 e. The first-order valence-corrected chi connectivity index (χ1v) is 3.32. The molecule has 0 aliphatic heterocycles. The van der Waals surface area contributed by atoms with Gasteiger partial charge in [-0.1, -0.05) is 0 Å². The van der Waals surface area contributed by atoms with Crippen LogP contribution in [0, 0.1) is 6.92 Å². The largest absolute Gasteiger partial charge is 0.452 e. The third kappa shape index (κ3) is 3.25. The molecule has 2 aromatic rings. The van der Waals surface area contributed by atoms with Crippen molar-refractivity contribution in [3.05, 3.63) is 42.9 Å². The van der Waals surface area contributed by atoms with Gasteiger partial charge in [-0.3, -0.25) is 0 Å². The fourth-order valence-corrected chi connectivity index (χ4v) is 0.596. The molecule has 11 heavy (non-hydrogen) atoms. The molecule has 0 aliphatic carbocycles. The Morgan fingerprint density at radius 2 is 2.45 bits per heavy atom. The Labute approximate surface area is 65.1 Å². The lowest BCUT2D eigenvalue weighted by Gasteiger charge is -1.70. The number of rotatable bonds is 0. The molecule has 0 saturated heterocycles. The van der Waals surface area contributed by atoms with Gasteiger partial charge in [0.1, 0.15) is 6.26 Å². The van der Waals surface area contributed by atoms with E-state index in [1.165, 1.54) is 18.4 Å². The number of oxazole rings is 1. The van der Waals surface area contributed by atoms with Gasteiger partial charge in [0, 0.05) is 11.9 Å². The quantitative estimate of drug-likeness (QED) is 0.624. The molecular weight excluding hydrogens is 140 g/mol. The number of aromatic nitrogens is 2. The van der Waals surface area contributed by atoms with E-state index in [4.69, 9.17) is 0 Å². The van der Waals surface area contributed by atoms with Crippen LogP contribution in [0.4, 0.5) is 0 Å². The van der Waals surface area contributed by atoms with Gasteiger partial charge in [0.15, 0.2) is 6.39 Å². The fourth-order valence-electron chi connectivity index (χ4n) is 0.596. The summed E-state index contributed by atoms with van der Waals surface area (Å²) >= 11 is 0. The van der Waals surface area contributed by atoms with Gasteiger partial charge in [-0.05, 0) is 19.1 Å². The van der Waals surface area contributed by atoms with E-state index in [1.807, 2.05) is 25.3 Å². The Balaban J connectivity index is 0.000000112. The van der Waals surface area contributed by atoms with E-state index in [0.29, 0.717) is 0 Å². The summed E-state index contributed by atoms with van der Waals surface area (Å²) in [5, 5.41) is 0. The summed E-state index contributed by atoms with van der Waals surface area (Å²) in [6.45, 7) is 2.03. The maximum absolute atomic E-state index is 4.47. The Bertz CT molecular complexity index is 230. The lowest BCUT2D eigenvalue weighted by atomic mass is 10.5. The standard InChI is InChI=1S/C5H7N.C3H3NO/c1-5-3-2-4-6-5;1-2-5-3-4-1/h2-4,6H,1H3;1-3H. The van der Waals surface area contributed by atoms with Crippen LogP contribution in [-0.4, -0.2) is 9.97 Å². The normalized spacial score (nSPS) is 8.45. The van der Waals surface area contributed by atoms with Gasteiger partial charge in [-0.2, -0.15) is 0 Å². The topological polar surface area (TPSA) is 41.8 Å². The van der Waals surface area contributed by atoms with Gasteiger partial charge in [0.25, 0.3) is 0 Å². The molecule has 0 spiro atoms. The van der Waals surface area contributed by atoms with Gasteiger partial charge in [0.2, 0.25) is 0 Å². The minimum Gasteiger partial charge on any atom is -0.452 e. The highest BCUT2D eigenvalue weighted by Gasteiger charge is 1.72. The van der Waals surface area contributed by atoms with Gasteiger partial charge < -0.3 is 9.40 Å². The number of hydrogen-bond acceptors (Lipinski definition) is 2. The second kappa shape index (κ2) is 4.33. The number of H-pyrrole nitrogens is 1. The highest BCUT2D eigenvalue weighted by atomic mass is 16.3. The second-order valence-corrected chi connectivity index (χ2v) is 2.03. The molecule has 0 amide bonds. The lowest BCUT2D eigenvalue weighted by Crippen LogP contribution is -1.59. The van der Waals surface area contributed by atoms with Crippen molar-refractivity contribution in [2.24, 2.45) is 0 Å². The molecule has 1 N–H and O–H groups in total.